The molecule has 1 aromatic heterocycles. The minimum Gasteiger partial charge on any atom is -0.363 e. The molecule has 1 saturated carbocycles. The lowest BCUT2D eigenvalue weighted by Crippen LogP contribution is -2.48. The van der Waals surface area contributed by atoms with Crippen molar-refractivity contribution in [3.05, 3.63) is 47.3 Å². The third-order valence-electron chi connectivity index (χ3n) is 6.26. The summed E-state index contributed by atoms with van der Waals surface area (Å²) in [5.41, 5.74) is 2.00. The van der Waals surface area contributed by atoms with E-state index in [9.17, 15) is 4.79 Å². The van der Waals surface area contributed by atoms with Crippen LogP contribution >= 0.6 is 11.3 Å². The van der Waals surface area contributed by atoms with Gasteiger partial charge in [-0.25, -0.2) is 0 Å². The number of guanidine groups is 1. The number of hydrogen-bond donors (Lipinski definition) is 3. The number of piperidine rings is 1. The highest BCUT2D eigenvalue weighted by molar-refractivity contribution is 7.14. The monoisotopic (exact) mass is 439 g/mol. The number of carbonyl (C=O) groups excluding carboxylic acids is 1. The number of benzene rings is 1. The maximum absolute atomic E-state index is 12.4. The topological polar surface area (TPSA) is 68.8 Å². The van der Waals surface area contributed by atoms with Crippen LogP contribution in [0.3, 0.4) is 0 Å². The molecule has 2 fully saturated rings. The van der Waals surface area contributed by atoms with Crippen molar-refractivity contribution in [2.45, 2.75) is 51.1 Å². The fourth-order valence-electron chi connectivity index (χ4n) is 4.46. The first-order valence-electron chi connectivity index (χ1n) is 11.4. The summed E-state index contributed by atoms with van der Waals surface area (Å²) < 4.78 is 0. The average molecular weight is 440 g/mol. The molecule has 1 aliphatic heterocycles. The van der Waals surface area contributed by atoms with Crippen molar-refractivity contribution in [1.82, 2.24) is 10.6 Å². The Hall–Kier alpha value is -2.54. The molecule has 166 valence electrons. The van der Waals surface area contributed by atoms with E-state index in [0.29, 0.717) is 12.6 Å². The van der Waals surface area contributed by atoms with Gasteiger partial charge in [0.1, 0.15) is 0 Å². The van der Waals surface area contributed by atoms with E-state index in [2.05, 4.69) is 49.4 Å². The van der Waals surface area contributed by atoms with Gasteiger partial charge < -0.3 is 20.9 Å². The van der Waals surface area contributed by atoms with Crippen LogP contribution in [0, 0.1) is 5.92 Å². The fourth-order valence-corrected chi connectivity index (χ4v) is 5.24. The molecule has 1 aromatic carbocycles. The van der Waals surface area contributed by atoms with E-state index < -0.39 is 0 Å². The molecule has 0 spiro atoms. The zero-order chi connectivity index (χ0) is 21.5. The number of nitrogens with one attached hydrogen (secondary N) is 3. The Bertz CT molecular complexity index is 868. The van der Waals surface area contributed by atoms with Gasteiger partial charge in [0, 0.05) is 44.3 Å². The van der Waals surface area contributed by atoms with Crippen LogP contribution in [0.2, 0.25) is 0 Å². The summed E-state index contributed by atoms with van der Waals surface area (Å²) in [5.74, 6) is 1.17. The van der Waals surface area contributed by atoms with E-state index in [1.807, 2.05) is 36.6 Å². The summed E-state index contributed by atoms with van der Waals surface area (Å²) in [6.07, 6.45) is 6.56. The highest BCUT2D eigenvalue weighted by Crippen LogP contribution is 2.26. The molecule has 2 aliphatic rings. The molecule has 2 aromatic rings. The maximum atomic E-state index is 12.4. The summed E-state index contributed by atoms with van der Waals surface area (Å²) in [6.45, 7) is 2.80. The third-order valence-corrected chi connectivity index (χ3v) is 7.19. The highest BCUT2D eigenvalue weighted by Gasteiger charge is 2.23. The molecule has 7 heteroatoms. The minimum atomic E-state index is 0.161. The van der Waals surface area contributed by atoms with E-state index in [1.54, 1.807) is 0 Å². The Morgan fingerprint density at radius 2 is 1.94 bits per heavy atom. The zero-order valence-corrected chi connectivity index (χ0v) is 19.1. The third kappa shape index (κ3) is 6.00. The number of aliphatic imine (C=N–C) groups is 1. The number of amides is 1. The summed E-state index contributed by atoms with van der Waals surface area (Å²) in [6, 6.07) is 12.8. The Kier molecular flexibility index (Phi) is 7.46. The molecule has 31 heavy (non-hydrogen) atoms. The first-order chi connectivity index (χ1) is 15.2. The molecule has 0 radical (unpaired) electrons. The van der Waals surface area contributed by atoms with E-state index in [0.717, 1.165) is 56.0 Å². The number of hydrogen-bond acceptors (Lipinski definition) is 4. The second-order valence-electron chi connectivity index (χ2n) is 8.45. The van der Waals surface area contributed by atoms with Crippen LogP contribution in [0.4, 0.5) is 10.7 Å². The SMILES string of the molecule is CN=C(NCc1cccc(NC(=O)C2CCCC2)c1)NC1CCN(c2cccs2)CC1. The lowest BCUT2D eigenvalue weighted by molar-refractivity contribution is -0.119. The quantitative estimate of drug-likeness (QED) is 0.466. The van der Waals surface area contributed by atoms with Gasteiger partial charge in [-0.05, 0) is 60.9 Å². The van der Waals surface area contributed by atoms with Gasteiger partial charge in [-0.1, -0.05) is 25.0 Å². The Labute approximate surface area is 189 Å². The molecule has 1 aliphatic carbocycles. The van der Waals surface area contributed by atoms with E-state index in [1.165, 1.54) is 17.8 Å². The molecule has 1 saturated heterocycles. The molecule has 4 rings (SSSR count). The fraction of sp³-hybridized carbons (Fsp3) is 0.500. The van der Waals surface area contributed by atoms with Gasteiger partial charge in [-0.3, -0.25) is 9.79 Å². The Morgan fingerprint density at radius 3 is 2.65 bits per heavy atom. The van der Waals surface area contributed by atoms with Crippen molar-refractivity contribution in [3.8, 4) is 0 Å². The van der Waals surface area contributed by atoms with Crippen molar-refractivity contribution in [3.63, 3.8) is 0 Å². The van der Waals surface area contributed by atoms with Crippen LogP contribution < -0.4 is 20.9 Å². The molecule has 1 amide bonds. The van der Waals surface area contributed by atoms with Crippen molar-refractivity contribution in [2.24, 2.45) is 10.9 Å². The van der Waals surface area contributed by atoms with Crippen LogP contribution in [0.15, 0.2) is 46.8 Å². The van der Waals surface area contributed by atoms with Crippen LogP contribution in [0.1, 0.15) is 44.1 Å². The maximum Gasteiger partial charge on any atom is 0.227 e. The minimum absolute atomic E-state index is 0.161. The summed E-state index contributed by atoms with van der Waals surface area (Å²) >= 11 is 1.81. The summed E-state index contributed by atoms with van der Waals surface area (Å²) in [4.78, 5) is 19.3. The van der Waals surface area contributed by atoms with Crippen LogP contribution in [-0.4, -0.2) is 38.0 Å². The highest BCUT2D eigenvalue weighted by atomic mass is 32.1. The predicted octanol–water partition coefficient (Wildman–Crippen LogP) is 4.21. The first kappa shape index (κ1) is 21.7. The number of thiophene rings is 1. The van der Waals surface area contributed by atoms with E-state index in [-0.39, 0.29) is 11.8 Å². The van der Waals surface area contributed by atoms with E-state index in [4.69, 9.17) is 0 Å². The molecular formula is C24H33N5OS. The molecule has 2 heterocycles. The van der Waals surface area contributed by atoms with Gasteiger partial charge in [0.05, 0.1) is 5.00 Å². The number of rotatable bonds is 6. The smallest absolute Gasteiger partial charge is 0.227 e. The van der Waals surface area contributed by atoms with Gasteiger partial charge in [-0.2, -0.15) is 0 Å². The molecule has 6 nitrogen and oxygen atoms in total. The number of carbonyl (C=O) groups is 1. The van der Waals surface area contributed by atoms with Crippen LogP contribution in [0.25, 0.3) is 0 Å². The van der Waals surface area contributed by atoms with Gasteiger partial charge in [0.15, 0.2) is 5.96 Å². The average Bonchev–Trinajstić information content (AvgIpc) is 3.52. The second-order valence-corrected chi connectivity index (χ2v) is 9.38. The Balaban J connectivity index is 1.24. The van der Waals surface area contributed by atoms with Crippen molar-refractivity contribution >= 4 is 33.9 Å². The van der Waals surface area contributed by atoms with Gasteiger partial charge in [0.25, 0.3) is 0 Å². The summed E-state index contributed by atoms with van der Waals surface area (Å²) in [5, 5.41) is 13.6. The van der Waals surface area contributed by atoms with Crippen molar-refractivity contribution < 1.29 is 4.79 Å². The molecule has 0 atom stereocenters. The first-order valence-corrected chi connectivity index (χ1v) is 12.2. The second kappa shape index (κ2) is 10.7. The molecule has 3 N–H and O–H groups in total. The van der Waals surface area contributed by atoms with Crippen molar-refractivity contribution in [2.75, 3.05) is 30.4 Å². The van der Waals surface area contributed by atoms with Crippen LogP contribution in [0.5, 0.6) is 0 Å². The van der Waals surface area contributed by atoms with Gasteiger partial charge in [0.2, 0.25) is 5.91 Å². The standard InChI is InChI=1S/C24H33N5OS/c1-25-24(28-20-11-13-29(14-12-20)22-10-5-15-31-22)26-17-18-6-4-9-21(16-18)27-23(30)19-7-2-3-8-19/h4-6,9-10,15-16,19-20H,2-3,7-8,11-14,17H2,1H3,(H,27,30)(H2,25,26,28). The molecular weight excluding hydrogens is 406 g/mol. The lowest BCUT2D eigenvalue weighted by Gasteiger charge is -2.33. The normalized spacial score (nSPS) is 18.2. The number of nitrogens with zero attached hydrogens (tertiary/aromatic N) is 2. The predicted molar refractivity (Wildman–Crippen MR) is 130 cm³/mol. The summed E-state index contributed by atoms with van der Waals surface area (Å²) in [7, 11) is 1.81. The van der Waals surface area contributed by atoms with Crippen molar-refractivity contribution in [1.29, 1.82) is 0 Å². The van der Waals surface area contributed by atoms with E-state index >= 15 is 0 Å². The van der Waals surface area contributed by atoms with Crippen LogP contribution in [-0.2, 0) is 11.3 Å². The molecule has 0 bridgehead atoms. The zero-order valence-electron chi connectivity index (χ0n) is 18.3. The van der Waals surface area contributed by atoms with Gasteiger partial charge >= 0.3 is 0 Å². The Morgan fingerprint density at radius 1 is 1.13 bits per heavy atom. The lowest BCUT2D eigenvalue weighted by atomic mass is 10.1. The van der Waals surface area contributed by atoms with Gasteiger partial charge in [-0.15, -0.1) is 11.3 Å². The molecule has 0 unspecified atom stereocenters. The largest absolute Gasteiger partial charge is 0.363 e. The number of anilines is 2.